The van der Waals surface area contributed by atoms with Gasteiger partial charge in [0.05, 0.1) is 6.26 Å². The van der Waals surface area contributed by atoms with Crippen molar-refractivity contribution in [1.29, 1.82) is 0 Å². The summed E-state index contributed by atoms with van der Waals surface area (Å²) in [7, 11) is 0. The van der Waals surface area contributed by atoms with Crippen LogP contribution in [-0.2, 0) is 6.42 Å². The molecule has 1 unspecified atom stereocenters. The average Bonchev–Trinajstić information content (AvgIpc) is 2.81. The van der Waals surface area contributed by atoms with Crippen LogP contribution in [0.2, 0.25) is 0 Å². The summed E-state index contributed by atoms with van der Waals surface area (Å²) in [5, 5.41) is 10.1. The quantitative estimate of drug-likeness (QED) is 0.832. The van der Waals surface area contributed by atoms with Gasteiger partial charge in [0.15, 0.2) is 0 Å². The Morgan fingerprint density at radius 1 is 1.47 bits per heavy atom. The largest absolute Gasteiger partial charge is 0.466 e. The summed E-state index contributed by atoms with van der Waals surface area (Å²) in [6, 6.07) is 5.36. The van der Waals surface area contributed by atoms with Crippen molar-refractivity contribution < 1.29 is 9.52 Å². The molecule has 1 atom stereocenters. The lowest BCUT2D eigenvalue weighted by Crippen LogP contribution is -2.02. The molecule has 15 heavy (non-hydrogen) atoms. The van der Waals surface area contributed by atoms with Gasteiger partial charge in [0.25, 0.3) is 0 Å². The van der Waals surface area contributed by atoms with Gasteiger partial charge in [0.2, 0.25) is 0 Å². The molecule has 2 aromatic rings. The number of rotatable bonds is 3. The number of hydrogen-bond acceptors (Lipinski definition) is 3. The van der Waals surface area contributed by atoms with Gasteiger partial charge in [0.1, 0.15) is 11.9 Å². The zero-order valence-electron chi connectivity index (χ0n) is 8.55. The van der Waals surface area contributed by atoms with E-state index in [1.165, 1.54) is 0 Å². The standard InChI is InChI=1S/C12H13NO2/c1-2-9-8-13-6-5-10(9)12(14)11-4-3-7-15-11/h3-8,12,14H,2H2,1H3. The van der Waals surface area contributed by atoms with E-state index in [2.05, 4.69) is 4.98 Å². The third-order valence-corrected chi connectivity index (χ3v) is 2.43. The molecule has 0 aromatic carbocycles. The number of aryl methyl sites for hydroxylation is 1. The molecule has 1 N–H and O–H groups in total. The Balaban J connectivity index is 2.37. The van der Waals surface area contributed by atoms with Gasteiger partial charge in [-0.05, 0) is 35.7 Å². The lowest BCUT2D eigenvalue weighted by Gasteiger charge is -2.11. The smallest absolute Gasteiger partial charge is 0.137 e. The topological polar surface area (TPSA) is 46.3 Å². The average molecular weight is 203 g/mol. The fourth-order valence-electron chi connectivity index (χ4n) is 1.60. The summed E-state index contributed by atoms with van der Waals surface area (Å²) in [6.07, 6.45) is 5.17. The Kier molecular flexibility index (Phi) is 2.83. The van der Waals surface area contributed by atoms with Gasteiger partial charge in [-0.1, -0.05) is 6.92 Å². The molecule has 0 fully saturated rings. The maximum Gasteiger partial charge on any atom is 0.137 e. The predicted octanol–water partition coefficient (Wildman–Crippen LogP) is 2.32. The summed E-state index contributed by atoms with van der Waals surface area (Å²) in [5.74, 6) is 0.566. The number of aliphatic hydroxyl groups excluding tert-OH is 1. The monoisotopic (exact) mass is 203 g/mol. The van der Waals surface area contributed by atoms with Crippen LogP contribution in [-0.4, -0.2) is 10.1 Å². The van der Waals surface area contributed by atoms with Crippen LogP contribution in [0.25, 0.3) is 0 Å². The Hall–Kier alpha value is -1.61. The molecule has 3 nitrogen and oxygen atoms in total. The number of furan rings is 1. The van der Waals surface area contributed by atoms with E-state index in [4.69, 9.17) is 4.42 Å². The van der Waals surface area contributed by atoms with E-state index < -0.39 is 6.10 Å². The highest BCUT2D eigenvalue weighted by atomic mass is 16.4. The minimum Gasteiger partial charge on any atom is -0.466 e. The van der Waals surface area contributed by atoms with Crippen molar-refractivity contribution in [3.63, 3.8) is 0 Å². The second-order valence-corrected chi connectivity index (χ2v) is 3.35. The van der Waals surface area contributed by atoms with Crippen LogP contribution in [0.4, 0.5) is 0 Å². The van der Waals surface area contributed by atoms with Gasteiger partial charge < -0.3 is 9.52 Å². The van der Waals surface area contributed by atoms with E-state index in [-0.39, 0.29) is 0 Å². The van der Waals surface area contributed by atoms with Gasteiger partial charge in [-0.15, -0.1) is 0 Å². The molecule has 0 aliphatic carbocycles. The number of pyridine rings is 1. The molecule has 2 rings (SSSR count). The van der Waals surface area contributed by atoms with Crippen LogP contribution < -0.4 is 0 Å². The lowest BCUT2D eigenvalue weighted by molar-refractivity contribution is 0.188. The van der Waals surface area contributed by atoms with Crippen molar-refractivity contribution in [2.45, 2.75) is 19.4 Å². The molecule has 2 aromatic heterocycles. The fourth-order valence-corrected chi connectivity index (χ4v) is 1.60. The molecular formula is C12H13NO2. The molecule has 0 amide bonds. The number of nitrogens with zero attached hydrogens (tertiary/aromatic N) is 1. The predicted molar refractivity (Wildman–Crippen MR) is 56.4 cm³/mol. The van der Waals surface area contributed by atoms with Gasteiger partial charge >= 0.3 is 0 Å². The molecule has 0 saturated heterocycles. The summed E-state index contributed by atoms with van der Waals surface area (Å²) in [6.45, 7) is 2.04. The van der Waals surface area contributed by atoms with Gasteiger partial charge in [-0.2, -0.15) is 0 Å². The zero-order valence-corrected chi connectivity index (χ0v) is 8.55. The molecule has 3 heteroatoms. The van der Waals surface area contributed by atoms with Gasteiger partial charge in [-0.25, -0.2) is 0 Å². The Morgan fingerprint density at radius 3 is 3.00 bits per heavy atom. The number of aromatic nitrogens is 1. The second-order valence-electron chi connectivity index (χ2n) is 3.35. The third kappa shape index (κ3) is 1.92. The summed E-state index contributed by atoms with van der Waals surface area (Å²) < 4.78 is 5.18. The molecule has 2 heterocycles. The van der Waals surface area contributed by atoms with Crippen LogP contribution in [0.5, 0.6) is 0 Å². The summed E-state index contributed by atoms with van der Waals surface area (Å²) in [5.41, 5.74) is 1.91. The minimum atomic E-state index is -0.696. The van der Waals surface area contributed by atoms with E-state index in [0.717, 1.165) is 17.5 Å². The van der Waals surface area contributed by atoms with E-state index in [9.17, 15) is 5.11 Å². The van der Waals surface area contributed by atoms with Gasteiger partial charge in [0, 0.05) is 12.4 Å². The van der Waals surface area contributed by atoms with Crippen molar-refractivity contribution in [1.82, 2.24) is 4.98 Å². The van der Waals surface area contributed by atoms with Crippen LogP contribution >= 0.6 is 0 Å². The highest BCUT2D eigenvalue weighted by Crippen LogP contribution is 2.24. The lowest BCUT2D eigenvalue weighted by atomic mass is 10.0. The molecule has 0 saturated carbocycles. The van der Waals surface area contributed by atoms with Gasteiger partial charge in [-0.3, -0.25) is 4.98 Å². The molecule has 0 radical (unpaired) electrons. The van der Waals surface area contributed by atoms with Crippen LogP contribution in [0.1, 0.15) is 29.9 Å². The Morgan fingerprint density at radius 2 is 2.33 bits per heavy atom. The van der Waals surface area contributed by atoms with Crippen molar-refractivity contribution in [2.75, 3.05) is 0 Å². The highest BCUT2D eigenvalue weighted by Gasteiger charge is 2.15. The highest BCUT2D eigenvalue weighted by molar-refractivity contribution is 5.30. The molecule has 0 spiro atoms. The van der Waals surface area contributed by atoms with E-state index in [1.807, 2.05) is 13.0 Å². The maximum atomic E-state index is 10.1. The Labute approximate surface area is 88.4 Å². The van der Waals surface area contributed by atoms with Crippen LogP contribution in [0.3, 0.4) is 0 Å². The van der Waals surface area contributed by atoms with E-state index in [0.29, 0.717) is 5.76 Å². The van der Waals surface area contributed by atoms with Crippen LogP contribution in [0.15, 0.2) is 41.3 Å². The van der Waals surface area contributed by atoms with Crippen LogP contribution in [0, 0.1) is 0 Å². The normalized spacial score (nSPS) is 12.7. The van der Waals surface area contributed by atoms with E-state index >= 15 is 0 Å². The molecule has 0 aliphatic heterocycles. The first-order valence-corrected chi connectivity index (χ1v) is 4.97. The first kappa shape index (κ1) is 9.93. The minimum absolute atomic E-state index is 0.566. The summed E-state index contributed by atoms with van der Waals surface area (Å²) in [4.78, 5) is 4.04. The number of aliphatic hydroxyl groups is 1. The van der Waals surface area contributed by atoms with E-state index in [1.54, 1.807) is 30.8 Å². The third-order valence-electron chi connectivity index (χ3n) is 2.43. The molecular weight excluding hydrogens is 190 g/mol. The Bertz CT molecular complexity index is 423. The fraction of sp³-hybridized carbons (Fsp3) is 0.250. The van der Waals surface area contributed by atoms with Crippen molar-refractivity contribution in [3.05, 3.63) is 53.7 Å². The maximum absolute atomic E-state index is 10.1. The molecule has 0 aliphatic rings. The van der Waals surface area contributed by atoms with Crippen molar-refractivity contribution >= 4 is 0 Å². The number of hydrogen-bond donors (Lipinski definition) is 1. The second kappa shape index (κ2) is 4.28. The first-order chi connectivity index (χ1) is 7.33. The molecule has 0 bridgehead atoms. The zero-order chi connectivity index (χ0) is 10.7. The summed E-state index contributed by atoms with van der Waals surface area (Å²) >= 11 is 0. The van der Waals surface area contributed by atoms with Crippen molar-refractivity contribution in [3.8, 4) is 0 Å². The first-order valence-electron chi connectivity index (χ1n) is 4.97. The SMILES string of the molecule is CCc1cnccc1C(O)c1ccco1. The van der Waals surface area contributed by atoms with Crippen molar-refractivity contribution in [2.24, 2.45) is 0 Å². The molecule has 78 valence electrons.